The number of nitrogens with one attached hydrogen (secondary N) is 2. The molecular formula is C9H7BrFN3O4S2. The maximum absolute atomic E-state index is 12.9. The second-order valence-electron chi connectivity index (χ2n) is 3.61. The van der Waals surface area contributed by atoms with Gasteiger partial charge >= 0.3 is 10.2 Å². The molecule has 0 radical (unpaired) electrons. The van der Waals surface area contributed by atoms with Crippen molar-refractivity contribution in [1.29, 1.82) is 0 Å². The molecule has 11 heteroatoms. The first-order valence-corrected chi connectivity index (χ1v) is 8.62. The number of nitrogens with zero attached hydrogens (tertiary/aromatic N) is 1. The van der Waals surface area contributed by atoms with Gasteiger partial charge in [-0.1, -0.05) is 6.07 Å². The Morgan fingerprint density at radius 3 is 2.40 bits per heavy atom. The topological polar surface area (TPSA) is 109 Å². The van der Waals surface area contributed by atoms with E-state index < -0.39 is 30.0 Å². The standard InChI is InChI=1S/C9H7BrFN3O4S2/c10-8-5-12-13-9(8)14-20(17,18)7-3-1-2-6(4-7)19(11,15)16/h1-5H,(H2,12,13,14). The predicted molar refractivity (Wildman–Crippen MR) is 71.8 cm³/mol. The summed E-state index contributed by atoms with van der Waals surface area (Å²) in [5, 5.41) is 6.00. The molecule has 20 heavy (non-hydrogen) atoms. The van der Waals surface area contributed by atoms with Crippen molar-refractivity contribution in [2.45, 2.75) is 9.79 Å². The number of anilines is 1. The van der Waals surface area contributed by atoms with E-state index in [-0.39, 0.29) is 5.82 Å². The summed E-state index contributed by atoms with van der Waals surface area (Å²) >= 11 is 3.06. The molecular weight excluding hydrogens is 377 g/mol. The molecule has 108 valence electrons. The maximum atomic E-state index is 12.9. The van der Waals surface area contributed by atoms with Gasteiger partial charge in [0.1, 0.15) is 5.82 Å². The Balaban J connectivity index is 2.43. The first kappa shape index (κ1) is 14.9. The fourth-order valence-corrected chi connectivity index (χ4v) is 3.42. The summed E-state index contributed by atoms with van der Waals surface area (Å²) in [6.07, 6.45) is 1.33. The van der Waals surface area contributed by atoms with Gasteiger partial charge in [0.25, 0.3) is 10.0 Å². The van der Waals surface area contributed by atoms with E-state index >= 15 is 0 Å². The van der Waals surface area contributed by atoms with Crippen molar-refractivity contribution in [2.24, 2.45) is 0 Å². The van der Waals surface area contributed by atoms with Gasteiger partial charge in [-0.2, -0.15) is 13.5 Å². The van der Waals surface area contributed by atoms with Crippen molar-refractivity contribution >= 4 is 42.0 Å². The summed E-state index contributed by atoms with van der Waals surface area (Å²) in [6, 6.07) is 3.95. The van der Waals surface area contributed by atoms with Gasteiger partial charge < -0.3 is 0 Å². The second-order valence-corrected chi connectivity index (χ2v) is 7.49. The van der Waals surface area contributed by atoms with Crippen LogP contribution >= 0.6 is 15.9 Å². The highest BCUT2D eigenvalue weighted by molar-refractivity contribution is 9.10. The normalized spacial score (nSPS) is 12.3. The van der Waals surface area contributed by atoms with E-state index in [2.05, 4.69) is 30.8 Å². The summed E-state index contributed by atoms with van der Waals surface area (Å²) in [4.78, 5) is -1.12. The third-order valence-electron chi connectivity index (χ3n) is 2.23. The molecule has 0 unspecified atom stereocenters. The van der Waals surface area contributed by atoms with Gasteiger partial charge in [0.05, 0.1) is 20.5 Å². The van der Waals surface area contributed by atoms with E-state index in [1.807, 2.05) is 0 Å². The second kappa shape index (κ2) is 5.14. The van der Waals surface area contributed by atoms with Crippen LogP contribution in [0.25, 0.3) is 0 Å². The minimum atomic E-state index is -4.98. The Morgan fingerprint density at radius 2 is 1.85 bits per heavy atom. The Kier molecular flexibility index (Phi) is 3.84. The van der Waals surface area contributed by atoms with Crippen LogP contribution in [0.5, 0.6) is 0 Å². The Bertz CT molecular complexity index is 848. The van der Waals surface area contributed by atoms with Crippen LogP contribution < -0.4 is 4.72 Å². The van der Waals surface area contributed by atoms with E-state index in [0.717, 1.165) is 24.3 Å². The van der Waals surface area contributed by atoms with Crippen LogP contribution in [0.4, 0.5) is 9.70 Å². The average Bonchev–Trinajstić information content (AvgIpc) is 2.73. The first-order valence-electron chi connectivity index (χ1n) is 4.96. The van der Waals surface area contributed by atoms with Gasteiger partial charge in [-0.3, -0.25) is 9.82 Å². The summed E-state index contributed by atoms with van der Waals surface area (Å²) < 4.78 is 61.0. The molecule has 2 rings (SSSR count). The Labute approximate surface area is 122 Å². The molecule has 0 atom stereocenters. The zero-order valence-corrected chi connectivity index (χ0v) is 12.8. The van der Waals surface area contributed by atoms with Crippen molar-refractivity contribution in [1.82, 2.24) is 10.2 Å². The number of halogens is 2. The zero-order valence-electron chi connectivity index (χ0n) is 9.54. The third kappa shape index (κ3) is 3.16. The number of H-pyrrole nitrogens is 1. The fourth-order valence-electron chi connectivity index (χ4n) is 1.33. The number of aromatic amines is 1. The highest BCUT2D eigenvalue weighted by Crippen LogP contribution is 2.23. The molecule has 0 amide bonds. The van der Waals surface area contributed by atoms with Crippen LogP contribution in [-0.4, -0.2) is 27.0 Å². The number of aromatic nitrogens is 2. The van der Waals surface area contributed by atoms with Gasteiger partial charge in [-0.25, -0.2) is 8.42 Å². The molecule has 0 saturated carbocycles. The molecule has 0 aliphatic rings. The molecule has 0 aliphatic carbocycles. The highest BCUT2D eigenvalue weighted by atomic mass is 79.9. The molecule has 0 bridgehead atoms. The molecule has 2 aromatic rings. The van der Waals surface area contributed by atoms with E-state index in [1.54, 1.807) is 0 Å². The van der Waals surface area contributed by atoms with Gasteiger partial charge in [-0.15, -0.1) is 3.89 Å². The summed E-state index contributed by atoms with van der Waals surface area (Å²) in [7, 11) is -9.05. The maximum Gasteiger partial charge on any atom is 0.332 e. The van der Waals surface area contributed by atoms with E-state index in [9.17, 15) is 20.7 Å². The van der Waals surface area contributed by atoms with Gasteiger partial charge in [-0.05, 0) is 34.1 Å². The lowest BCUT2D eigenvalue weighted by Crippen LogP contribution is -2.14. The molecule has 1 aromatic heterocycles. The van der Waals surface area contributed by atoms with Crippen molar-refractivity contribution in [3.8, 4) is 0 Å². The number of hydrogen-bond acceptors (Lipinski definition) is 5. The smallest absolute Gasteiger partial charge is 0.263 e. The third-order valence-corrected chi connectivity index (χ3v) is 4.99. The molecule has 2 N–H and O–H groups in total. The number of sulfonamides is 1. The molecule has 1 aromatic carbocycles. The summed E-state index contributed by atoms with van der Waals surface area (Å²) in [5.41, 5.74) is 0. The number of rotatable bonds is 4. The van der Waals surface area contributed by atoms with E-state index in [1.165, 1.54) is 6.20 Å². The molecule has 0 spiro atoms. The average molecular weight is 384 g/mol. The summed E-state index contributed by atoms with van der Waals surface area (Å²) in [6.45, 7) is 0. The first-order chi connectivity index (χ1) is 9.20. The monoisotopic (exact) mass is 383 g/mol. The Morgan fingerprint density at radius 1 is 1.20 bits per heavy atom. The number of benzene rings is 1. The largest absolute Gasteiger partial charge is 0.332 e. The lowest BCUT2D eigenvalue weighted by atomic mass is 10.4. The highest BCUT2D eigenvalue weighted by Gasteiger charge is 2.20. The van der Waals surface area contributed by atoms with Crippen LogP contribution in [0.2, 0.25) is 0 Å². The van der Waals surface area contributed by atoms with Crippen LogP contribution in [0.1, 0.15) is 0 Å². The van der Waals surface area contributed by atoms with Crippen LogP contribution in [0.15, 0.2) is 44.7 Å². The van der Waals surface area contributed by atoms with Gasteiger partial charge in [0.2, 0.25) is 0 Å². The van der Waals surface area contributed by atoms with Gasteiger partial charge in [0.15, 0.2) is 0 Å². The van der Waals surface area contributed by atoms with Crippen molar-refractivity contribution in [3.05, 3.63) is 34.9 Å². The van der Waals surface area contributed by atoms with Crippen molar-refractivity contribution in [3.63, 3.8) is 0 Å². The lowest BCUT2D eigenvalue weighted by molar-refractivity contribution is 0.552. The quantitative estimate of drug-likeness (QED) is 0.779. The minimum absolute atomic E-state index is 0.0681. The van der Waals surface area contributed by atoms with Crippen molar-refractivity contribution in [2.75, 3.05) is 4.72 Å². The molecule has 0 aliphatic heterocycles. The van der Waals surface area contributed by atoms with E-state index in [0.29, 0.717) is 4.47 Å². The molecule has 0 saturated heterocycles. The van der Waals surface area contributed by atoms with Crippen LogP contribution in [-0.2, 0) is 20.2 Å². The predicted octanol–water partition coefficient (Wildman–Crippen LogP) is 1.63. The zero-order chi connectivity index (χ0) is 15.0. The minimum Gasteiger partial charge on any atom is -0.263 e. The summed E-state index contributed by atoms with van der Waals surface area (Å²) in [5.74, 6) is 0.0681. The molecule has 7 nitrogen and oxygen atoms in total. The molecule has 0 fully saturated rings. The Hall–Kier alpha value is -1.46. The molecule has 1 heterocycles. The SMILES string of the molecule is O=S(=O)(F)c1cccc(S(=O)(=O)Nc2[nH]ncc2Br)c1. The lowest BCUT2D eigenvalue weighted by Gasteiger charge is -2.07. The van der Waals surface area contributed by atoms with E-state index in [4.69, 9.17) is 0 Å². The number of hydrogen-bond donors (Lipinski definition) is 2. The fraction of sp³-hybridized carbons (Fsp3) is 0. The van der Waals surface area contributed by atoms with Crippen LogP contribution in [0.3, 0.4) is 0 Å². The van der Waals surface area contributed by atoms with Gasteiger partial charge in [0, 0.05) is 0 Å². The van der Waals surface area contributed by atoms with Crippen molar-refractivity contribution < 1.29 is 20.7 Å². The van der Waals surface area contributed by atoms with Crippen LogP contribution in [0, 0.1) is 0 Å².